The molecule has 0 amide bonds. The van der Waals surface area contributed by atoms with E-state index in [1.54, 1.807) is 7.11 Å². The Bertz CT molecular complexity index is 1010. The highest BCUT2D eigenvalue weighted by atomic mass is 16.5. The van der Waals surface area contributed by atoms with Crippen LogP contribution >= 0.6 is 0 Å². The maximum absolute atomic E-state index is 5.92. The van der Waals surface area contributed by atoms with E-state index in [9.17, 15) is 0 Å². The number of nitrogens with zero attached hydrogens (tertiary/aromatic N) is 2. The Labute approximate surface area is 177 Å². The van der Waals surface area contributed by atoms with Gasteiger partial charge in [0.15, 0.2) is 11.5 Å². The van der Waals surface area contributed by atoms with Crippen molar-refractivity contribution in [2.45, 2.75) is 6.92 Å². The average Bonchev–Trinajstić information content (AvgIpc) is 2.80. The van der Waals surface area contributed by atoms with E-state index in [1.165, 1.54) is 11.3 Å². The molecule has 0 bridgehead atoms. The van der Waals surface area contributed by atoms with E-state index in [1.807, 2.05) is 54.7 Å². The summed E-state index contributed by atoms with van der Waals surface area (Å²) >= 11 is 0. The first-order chi connectivity index (χ1) is 14.7. The van der Waals surface area contributed by atoms with E-state index < -0.39 is 0 Å². The molecule has 154 valence electrons. The van der Waals surface area contributed by atoms with Crippen LogP contribution in [0.15, 0.2) is 71.7 Å². The highest BCUT2D eigenvalue weighted by molar-refractivity contribution is 5.84. The lowest BCUT2D eigenvalue weighted by Crippen LogP contribution is -2.36. The van der Waals surface area contributed by atoms with Crippen molar-refractivity contribution in [1.29, 1.82) is 0 Å². The Morgan fingerprint density at radius 2 is 1.67 bits per heavy atom. The van der Waals surface area contributed by atoms with Gasteiger partial charge in [0.2, 0.25) is 0 Å². The van der Waals surface area contributed by atoms with Crippen molar-refractivity contribution in [2.75, 3.05) is 38.3 Å². The number of anilines is 1. The van der Waals surface area contributed by atoms with Crippen LogP contribution in [0.4, 0.5) is 11.4 Å². The van der Waals surface area contributed by atoms with Crippen LogP contribution < -0.4 is 14.4 Å². The number of para-hydroxylation sites is 2. The topological polar surface area (TPSA) is 43.3 Å². The molecular weight excluding hydrogens is 376 g/mol. The number of rotatable bonds is 6. The van der Waals surface area contributed by atoms with Crippen molar-refractivity contribution in [3.05, 3.63) is 77.9 Å². The van der Waals surface area contributed by atoms with E-state index in [2.05, 4.69) is 35.0 Å². The number of methoxy groups -OCH3 is 1. The summed E-state index contributed by atoms with van der Waals surface area (Å²) in [5.74, 6) is 2.13. The molecule has 0 radical (unpaired) electrons. The SMILES string of the molecule is COc1ccccc1Oc1ccc(N=Cc2ccc(N3CCOCC3)cc2C)cc1. The fourth-order valence-electron chi connectivity index (χ4n) is 3.40. The smallest absolute Gasteiger partial charge is 0.169 e. The van der Waals surface area contributed by atoms with Gasteiger partial charge in [-0.2, -0.15) is 0 Å². The summed E-state index contributed by atoms with van der Waals surface area (Å²) in [6, 6.07) is 21.8. The molecule has 5 nitrogen and oxygen atoms in total. The van der Waals surface area contributed by atoms with Crippen LogP contribution in [-0.4, -0.2) is 39.6 Å². The predicted octanol–water partition coefficient (Wildman–Crippen LogP) is 5.38. The largest absolute Gasteiger partial charge is 0.493 e. The monoisotopic (exact) mass is 402 g/mol. The standard InChI is InChI=1S/C25H26N2O3/c1-19-17-22(27-13-15-29-16-14-27)10-7-20(19)18-26-21-8-11-23(12-9-21)30-25-6-4-3-5-24(25)28-2/h3-12,17-18H,13-16H2,1-2H3. The van der Waals surface area contributed by atoms with E-state index in [-0.39, 0.29) is 0 Å². The number of benzene rings is 3. The molecule has 30 heavy (non-hydrogen) atoms. The molecule has 4 rings (SSSR count). The Morgan fingerprint density at radius 1 is 0.933 bits per heavy atom. The van der Waals surface area contributed by atoms with Gasteiger partial charge in [-0.3, -0.25) is 4.99 Å². The first-order valence-corrected chi connectivity index (χ1v) is 10.1. The lowest BCUT2D eigenvalue weighted by Gasteiger charge is -2.29. The molecule has 3 aromatic carbocycles. The van der Waals surface area contributed by atoms with Crippen LogP contribution in [0.5, 0.6) is 17.2 Å². The van der Waals surface area contributed by atoms with Crippen LogP contribution in [0.2, 0.25) is 0 Å². The maximum atomic E-state index is 5.92. The highest BCUT2D eigenvalue weighted by Crippen LogP contribution is 2.31. The molecule has 1 heterocycles. The second-order valence-electron chi connectivity index (χ2n) is 7.15. The van der Waals surface area contributed by atoms with E-state index in [0.29, 0.717) is 11.5 Å². The second-order valence-corrected chi connectivity index (χ2v) is 7.15. The Morgan fingerprint density at radius 3 is 2.37 bits per heavy atom. The van der Waals surface area contributed by atoms with Gasteiger partial charge in [-0.25, -0.2) is 0 Å². The molecular formula is C25H26N2O3. The van der Waals surface area contributed by atoms with Crippen LogP contribution in [0.1, 0.15) is 11.1 Å². The summed E-state index contributed by atoms with van der Waals surface area (Å²) < 4.78 is 16.7. The molecule has 3 aromatic rings. The summed E-state index contributed by atoms with van der Waals surface area (Å²) in [5.41, 5.74) is 4.44. The molecule has 0 aliphatic carbocycles. The number of aliphatic imine (C=N–C) groups is 1. The molecule has 0 atom stereocenters. The zero-order valence-electron chi connectivity index (χ0n) is 17.4. The van der Waals surface area contributed by atoms with Crippen molar-refractivity contribution in [2.24, 2.45) is 4.99 Å². The van der Waals surface area contributed by atoms with Gasteiger partial charge in [0.25, 0.3) is 0 Å². The molecule has 1 aliphatic heterocycles. The third kappa shape index (κ3) is 4.81. The molecule has 0 aromatic heterocycles. The van der Waals surface area contributed by atoms with Gasteiger partial charge in [0.1, 0.15) is 5.75 Å². The average molecular weight is 402 g/mol. The maximum Gasteiger partial charge on any atom is 0.169 e. The normalized spacial score (nSPS) is 14.1. The first-order valence-electron chi connectivity index (χ1n) is 10.1. The predicted molar refractivity (Wildman–Crippen MR) is 121 cm³/mol. The minimum Gasteiger partial charge on any atom is -0.493 e. The van der Waals surface area contributed by atoms with Crippen LogP contribution in [0.25, 0.3) is 0 Å². The molecule has 0 saturated carbocycles. The molecule has 1 aliphatic rings. The zero-order valence-corrected chi connectivity index (χ0v) is 17.4. The summed E-state index contributed by atoms with van der Waals surface area (Å²) in [7, 11) is 1.63. The van der Waals surface area contributed by atoms with Gasteiger partial charge >= 0.3 is 0 Å². The second kappa shape index (κ2) is 9.46. The zero-order chi connectivity index (χ0) is 20.8. The number of hydrogen-bond acceptors (Lipinski definition) is 5. The number of ether oxygens (including phenoxy) is 3. The third-order valence-electron chi connectivity index (χ3n) is 5.12. The van der Waals surface area contributed by atoms with Crippen molar-refractivity contribution in [3.8, 4) is 17.2 Å². The molecule has 0 N–H and O–H groups in total. The molecule has 5 heteroatoms. The van der Waals surface area contributed by atoms with Crippen molar-refractivity contribution in [1.82, 2.24) is 0 Å². The van der Waals surface area contributed by atoms with E-state index in [4.69, 9.17) is 14.2 Å². The third-order valence-corrected chi connectivity index (χ3v) is 5.12. The molecule has 1 fully saturated rings. The van der Waals surface area contributed by atoms with Gasteiger partial charge in [-0.05, 0) is 66.6 Å². The fourth-order valence-corrected chi connectivity index (χ4v) is 3.40. The van der Waals surface area contributed by atoms with Gasteiger partial charge < -0.3 is 19.1 Å². The Kier molecular flexibility index (Phi) is 6.30. The van der Waals surface area contributed by atoms with Crippen LogP contribution in [0, 0.1) is 6.92 Å². The van der Waals surface area contributed by atoms with Gasteiger partial charge in [0, 0.05) is 25.0 Å². The number of aryl methyl sites for hydroxylation is 1. The lowest BCUT2D eigenvalue weighted by atomic mass is 10.1. The summed E-state index contributed by atoms with van der Waals surface area (Å²) in [6.07, 6.45) is 1.91. The molecule has 0 spiro atoms. The Hall–Kier alpha value is -3.31. The van der Waals surface area contributed by atoms with Gasteiger partial charge in [0.05, 0.1) is 26.0 Å². The van der Waals surface area contributed by atoms with Gasteiger partial charge in [-0.15, -0.1) is 0 Å². The van der Waals surface area contributed by atoms with Crippen molar-refractivity contribution >= 4 is 17.6 Å². The molecule has 0 unspecified atom stereocenters. The van der Waals surface area contributed by atoms with E-state index >= 15 is 0 Å². The quantitative estimate of drug-likeness (QED) is 0.519. The minimum atomic E-state index is 0.687. The fraction of sp³-hybridized carbons (Fsp3) is 0.240. The van der Waals surface area contributed by atoms with Crippen molar-refractivity contribution < 1.29 is 14.2 Å². The van der Waals surface area contributed by atoms with Crippen LogP contribution in [-0.2, 0) is 4.74 Å². The van der Waals surface area contributed by atoms with Gasteiger partial charge in [-0.1, -0.05) is 18.2 Å². The first kappa shape index (κ1) is 20.0. The summed E-state index contributed by atoms with van der Waals surface area (Å²) in [6.45, 7) is 5.58. The Balaban J connectivity index is 1.43. The molecule has 1 saturated heterocycles. The van der Waals surface area contributed by atoms with Crippen molar-refractivity contribution in [3.63, 3.8) is 0 Å². The number of morpholine rings is 1. The summed E-state index contributed by atoms with van der Waals surface area (Å²) in [5, 5.41) is 0. The highest BCUT2D eigenvalue weighted by Gasteiger charge is 2.11. The number of hydrogen-bond donors (Lipinski definition) is 0. The lowest BCUT2D eigenvalue weighted by molar-refractivity contribution is 0.122. The summed E-state index contributed by atoms with van der Waals surface area (Å²) in [4.78, 5) is 6.98. The van der Waals surface area contributed by atoms with E-state index in [0.717, 1.165) is 43.3 Å². The minimum absolute atomic E-state index is 0.687. The van der Waals surface area contributed by atoms with Crippen LogP contribution in [0.3, 0.4) is 0 Å².